The Balaban J connectivity index is 1.33. The Kier molecular flexibility index (Phi) is 4.42. The SMILES string of the molecule is COC1CC(NCCCOCC2CC2)C1. The molecule has 0 unspecified atom stereocenters. The molecule has 2 rings (SSSR count). The van der Waals surface area contributed by atoms with Crippen molar-refractivity contribution in [3.05, 3.63) is 0 Å². The zero-order valence-corrected chi connectivity index (χ0v) is 9.71. The average Bonchev–Trinajstić information content (AvgIpc) is 2.97. The standard InChI is InChI=1S/C12H23NO2/c1-14-12-7-11(8-12)13-5-2-6-15-9-10-3-4-10/h10-13H,2-9H2,1H3. The van der Waals surface area contributed by atoms with Crippen molar-refractivity contribution in [2.45, 2.75) is 44.2 Å². The van der Waals surface area contributed by atoms with Gasteiger partial charge in [-0.1, -0.05) is 0 Å². The molecular formula is C12H23NO2. The van der Waals surface area contributed by atoms with Crippen molar-refractivity contribution in [2.75, 3.05) is 26.9 Å². The van der Waals surface area contributed by atoms with E-state index in [1.807, 2.05) is 0 Å². The first-order valence-electron chi connectivity index (χ1n) is 6.22. The second-order valence-electron chi connectivity index (χ2n) is 4.85. The van der Waals surface area contributed by atoms with Crippen molar-refractivity contribution >= 4 is 0 Å². The lowest BCUT2D eigenvalue weighted by atomic mass is 9.89. The van der Waals surface area contributed by atoms with Crippen LogP contribution in [0.5, 0.6) is 0 Å². The van der Waals surface area contributed by atoms with E-state index in [2.05, 4.69) is 5.32 Å². The molecule has 0 bridgehead atoms. The highest BCUT2D eigenvalue weighted by atomic mass is 16.5. The Morgan fingerprint density at radius 1 is 1.27 bits per heavy atom. The molecule has 0 aromatic heterocycles. The predicted octanol–water partition coefficient (Wildman–Crippen LogP) is 1.57. The van der Waals surface area contributed by atoms with Crippen molar-refractivity contribution in [1.82, 2.24) is 5.32 Å². The third kappa shape index (κ3) is 4.09. The summed E-state index contributed by atoms with van der Waals surface area (Å²) in [7, 11) is 1.80. The number of hydrogen-bond donors (Lipinski definition) is 1. The highest BCUT2D eigenvalue weighted by Crippen LogP contribution is 2.28. The fourth-order valence-electron chi connectivity index (χ4n) is 1.94. The summed E-state index contributed by atoms with van der Waals surface area (Å²) in [4.78, 5) is 0. The molecule has 0 aliphatic heterocycles. The summed E-state index contributed by atoms with van der Waals surface area (Å²) in [5.41, 5.74) is 0. The van der Waals surface area contributed by atoms with Crippen LogP contribution in [0, 0.1) is 5.92 Å². The first-order chi connectivity index (χ1) is 7.38. The Morgan fingerprint density at radius 2 is 2.07 bits per heavy atom. The molecule has 2 fully saturated rings. The second kappa shape index (κ2) is 5.83. The molecule has 0 radical (unpaired) electrons. The van der Waals surface area contributed by atoms with Gasteiger partial charge in [0.05, 0.1) is 6.10 Å². The monoisotopic (exact) mass is 213 g/mol. The van der Waals surface area contributed by atoms with E-state index in [0.29, 0.717) is 12.1 Å². The summed E-state index contributed by atoms with van der Waals surface area (Å²) < 4.78 is 10.8. The Morgan fingerprint density at radius 3 is 2.73 bits per heavy atom. The highest BCUT2D eigenvalue weighted by molar-refractivity contribution is 4.85. The van der Waals surface area contributed by atoms with Crippen molar-refractivity contribution in [3.8, 4) is 0 Å². The van der Waals surface area contributed by atoms with Crippen LogP contribution < -0.4 is 5.32 Å². The second-order valence-corrected chi connectivity index (χ2v) is 4.85. The predicted molar refractivity (Wildman–Crippen MR) is 60.0 cm³/mol. The van der Waals surface area contributed by atoms with Crippen molar-refractivity contribution < 1.29 is 9.47 Å². The minimum atomic E-state index is 0.508. The first kappa shape index (κ1) is 11.4. The van der Waals surface area contributed by atoms with Crippen LogP contribution in [0.4, 0.5) is 0 Å². The Labute approximate surface area is 92.5 Å². The van der Waals surface area contributed by atoms with Gasteiger partial charge in [0.2, 0.25) is 0 Å². The number of hydrogen-bond acceptors (Lipinski definition) is 3. The van der Waals surface area contributed by atoms with Gasteiger partial charge in [-0.15, -0.1) is 0 Å². The zero-order chi connectivity index (χ0) is 10.5. The molecule has 0 atom stereocenters. The highest BCUT2D eigenvalue weighted by Gasteiger charge is 2.27. The van der Waals surface area contributed by atoms with E-state index in [-0.39, 0.29) is 0 Å². The largest absolute Gasteiger partial charge is 0.381 e. The number of methoxy groups -OCH3 is 1. The van der Waals surface area contributed by atoms with E-state index >= 15 is 0 Å². The van der Waals surface area contributed by atoms with Gasteiger partial charge in [-0.3, -0.25) is 0 Å². The van der Waals surface area contributed by atoms with Crippen molar-refractivity contribution in [1.29, 1.82) is 0 Å². The molecule has 15 heavy (non-hydrogen) atoms. The van der Waals surface area contributed by atoms with Gasteiger partial charge in [0.15, 0.2) is 0 Å². The summed E-state index contributed by atoms with van der Waals surface area (Å²) in [6.45, 7) is 3.00. The molecule has 0 spiro atoms. The van der Waals surface area contributed by atoms with E-state index in [0.717, 1.165) is 32.1 Å². The van der Waals surface area contributed by atoms with E-state index < -0.39 is 0 Å². The minimum Gasteiger partial charge on any atom is -0.381 e. The molecule has 2 saturated carbocycles. The van der Waals surface area contributed by atoms with E-state index in [4.69, 9.17) is 9.47 Å². The summed E-state index contributed by atoms with van der Waals surface area (Å²) in [6, 6.07) is 0.693. The molecule has 88 valence electrons. The molecule has 0 heterocycles. The van der Waals surface area contributed by atoms with Crippen LogP contribution in [0.25, 0.3) is 0 Å². The maximum Gasteiger partial charge on any atom is 0.0601 e. The van der Waals surface area contributed by atoms with Gasteiger partial charge in [-0.2, -0.15) is 0 Å². The van der Waals surface area contributed by atoms with Gasteiger partial charge in [0.1, 0.15) is 0 Å². The lowest BCUT2D eigenvalue weighted by Gasteiger charge is -2.34. The van der Waals surface area contributed by atoms with Crippen LogP contribution in [0.15, 0.2) is 0 Å². The summed E-state index contributed by atoms with van der Waals surface area (Å²) in [5.74, 6) is 0.895. The number of ether oxygens (including phenoxy) is 2. The van der Waals surface area contributed by atoms with Crippen LogP contribution in [0.1, 0.15) is 32.1 Å². The lowest BCUT2D eigenvalue weighted by Crippen LogP contribution is -2.45. The molecule has 0 amide bonds. The quantitative estimate of drug-likeness (QED) is 0.621. The van der Waals surface area contributed by atoms with Gasteiger partial charge >= 0.3 is 0 Å². The van der Waals surface area contributed by atoms with E-state index in [1.165, 1.54) is 25.7 Å². The molecule has 1 N–H and O–H groups in total. The fourth-order valence-corrected chi connectivity index (χ4v) is 1.94. The fraction of sp³-hybridized carbons (Fsp3) is 1.00. The molecule has 3 heteroatoms. The normalized spacial score (nSPS) is 30.2. The number of nitrogens with one attached hydrogen (secondary N) is 1. The minimum absolute atomic E-state index is 0.508. The van der Waals surface area contributed by atoms with Crippen LogP contribution >= 0.6 is 0 Å². The molecule has 3 nitrogen and oxygen atoms in total. The van der Waals surface area contributed by atoms with Crippen molar-refractivity contribution in [2.24, 2.45) is 5.92 Å². The van der Waals surface area contributed by atoms with Gasteiger partial charge in [0, 0.05) is 26.4 Å². The maximum absolute atomic E-state index is 5.57. The van der Waals surface area contributed by atoms with Crippen LogP contribution in [0.3, 0.4) is 0 Å². The van der Waals surface area contributed by atoms with Crippen LogP contribution in [0.2, 0.25) is 0 Å². The lowest BCUT2D eigenvalue weighted by molar-refractivity contribution is 0.0168. The molecule has 0 saturated heterocycles. The van der Waals surface area contributed by atoms with Gasteiger partial charge in [0.25, 0.3) is 0 Å². The first-order valence-corrected chi connectivity index (χ1v) is 6.22. The molecule has 0 aromatic carbocycles. The van der Waals surface area contributed by atoms with Gasteiger partial charge < -0.3 is 14.8 Å². The summed E-state index contributed by atoms with van der Waals surface area (Å²) in [5, 5.41) is 3.53. The molecule has 0 aromatic rings. The third-order valence-electron chi connectivity index (χ3n) is 3.38. The molecule has 2 aliphatic carbocycles. The third-order valence-corrected chi connectivity index (χ3v) is 3.38. The van der Waals surface area contributed by atoms with Crippen molar-refractivity contribution in [3.63, 3.8) is 0 Å². The van der Waals surface area contributed by atoms with Gasteiger partial charge in [-0.25, -0.2) is 0 Å². The average molecular weight is 213 g/mol. The smallest absolute Gasteiger partial charge is 0.0601 e. The summed E-state index contributed by atoms with van der Waals surface area (Å²) >= 11 is 0. The van der Waals surface area contributed by atoms with Crippen LogP contribution in [-0.2, 0) is 9.47 Å². The Bertz CT molecular complexity index is 176. The van der Waals surface area contributed by atoms with Crippen LogP contribution in [-0.4, -0.2) is 39.0 Å². The maximum atomic E-state index is 5.57. The number of rotatable bonds is 8. The molecular weight excluding hydrogens is 190 g/mol. The molecule has 2 aliphatic rings. The van der Waals surface area contributed by atoms with E-state index in [9.17, 15) is 0 Å². The zero-order valence-electron chi connectivity index (χ0n) is 9.71. The Hall–Kier alpha value is -0.120. The van der Waals surface area contributed by atoms with Gasteiger partial charge in [-0.05, 0) is 44.6 Å². The van der Waals surface area contributed by atoms with E-state index in [1.54, 1.807) is 7.11 Å². The summed E-state index contributed by atoms with van der Waals surface area (Å²) in [6.07, 6.45) is 6.78. The topological polar surface area (TPSA) is 30.5 Å².